The van der Waals surface area contributed by atoms with Gasteiger partial charge in [-0.1, -0.05) is 128 Å². The van der Waals surface area contributed by atoms with E-state index in [-0.39, 0.29) is 22.1 Å². The zero-order valence-corrected chi connectivity index (χ0v) is 34.8. The number of hydrogen-bond donors (Lipinski definition) is 0. The first-order valence-electron chi connectivity index (χ1n) is 23.0. The third kappa shape index (κ3) is 11.8. The van der Waals surface area contributed by atoms with Crippen molar-refractivity contribution >= 4 is 37.2 Å². The Morgan fingerprint density at radius 1 is 0.526 bits per heavy atom. The monoisotopic (exact) mass is 789 g/mol. The predicted octanol–water partition coefficient (Wildman–Crippen LogP) is 12.5. The molecule has 2 aromatic carbocycles. The minimum absolute atomic E-state index is 0.280. The summed E-state index contributed by atoms with van der Waals surface area (Å²) in [5.74, 6) is -1.27. The summed E-state index contributed by atoms with van der Waals surface area (Å²) in [4.78, 5) is 25.2. The van der Waals surface area contributed by atoms with Crippen LogP contribution in [0.25, 0.3) is 0 Å². The number of benzene rings is 2. The molecule has 4 unspecified atom stereocenters. The van der Waals surface area contributed by atoms with Gasteiger partial charge in [0.2, 0.25) is 0 Å². The molecule has 4 fully saturated rings. The highest BCUT2D eigenvalue weighted by atomic mass is 19.2. The first kappa shape index (κ1) is 44.0. The molecule has 310 valence electrons. The van der Waals surface area contributed by atoms with Crippen molar-refractivity contribution in [1.29, 1.82) is 0 Å². The summed E-state index contributed by atoms with van der Waals surface area (Å²) < 4.78 is 65.8. The molecule has 4 atom stereocenters. The molecule has 9 heteroatoms. The summed E-state index contributed by atoms with van der Waals surface area (Å²) in [5, 5.41) is 0. The van der Waals surface area contributed by atoms with Crippen LogP contribution in [-0.4, -0.2) is 26.3 Å². The van der Waals surface area contributed by atoms with E-state index < -0.39 is 35.0 Å². The molecular formula is C48H66B2F4O3. The van der Waals surface area contributed by atoms with E-state index in [1.54, 1.807) is 0 Å². The fourth-order valence-corrected chi connectivity index (χ4v) is 12.0. The van der Waals surface area contributed by atoms with Crippen LogP contribution in [0.3, 0.4) is 0 Å². The van der Waals surface area contributed by atoms with Gasteiger partial charge in [0.15, 0.2) is 23.3 Å². The van der Waals surface area contributed by atoms with Crippen LogP contribution in [0.4, 0.5) is 27.2 Å². The van der Waals surface area contributed by atoms with E-state index in [2.05, 4.69) is 13.8 Å². The van der Waals surface area contributed by atoms with E-state index in [1.165, 1.54) is 140 Å². The molecule has 3 nitrogen and oxygen atoms in total. The lowest BCUT2D eigenvalue weighted by Gasteiger charge is -2.41. The lowest BCUT2D eigenvalue weighted by atomic mass is 9.65. The van der Waals surface area contributed by atoms with Crippen molar-refractivity contribution in [1.82, 2.24) is 0 Å². The third-order valence-corrected chi connectivity index (χ3v) is 15.0. The molecule has 0 bridgehead atoms. The Balaban J connectivity index is 0.967. The summed E-state index contributed by atoms with van der Waals surface area (Å²) >= 11 is 0. The summed E-state index contributed by atoms with van der Waals surface area (Å²) in [6, 6.07) is 5.67. The van der Waals surface area contributed by atoms with E-state index in [1.807, 2.05) is 0 Å². The van der Waals surface area contributed by atoms with Gasteiger partial charge in [0, 0.05) is 0 Å². The Labute approximate surface area is 342 Å². The number of ether oxygens (including phenoxy) is 1. The average molecular weight is 789 g/mol. The molecule has 4 aliphatic carbocycles. The number of aryl methyl sites for hydroxylation is 2. The highest BCUT2D eigenvalue weighted by molar-refractivity contribution is 6.87. The van der Waals surface area contributed by atoms with Gasteiger partial charge in [-0.25, -0.2) is 17.6 Å². The number of rotatable bonds is 16. The van der Waals surface area contributed by atoms with Gasteiger partial charge >= 0.3 is 14.6 Å². The van der Waals surface area contributed by atoms with Gasteiger partial charge in [-0.15, -0.1) is 0 Å². The van der Waals surface area contributed by atoms with Crippen LogP contribution in [0.2, 0.25) is 0 Å². The number of hydrogen-bond acceptors (Lipinski definition) is 3. The zero-order valence-electron chi connectivity index (χ0n) is 34.8. The van der Waals surface area contributed by atoms with E-state index in [4.69, 9.17) is 4.74 Å². The number of carbonyl (C=O) groups is 2. The maximum Gasteiger partial charge on any atom is 0.303 e. The smallest absolute Gasteiger partial charge is 0.303 e. The van der Waals surface area contributed by atoms with Crippen LogP contribution in [0.15, 0.2) is 24.3 Å². The Hall–Kier alpha value is -2.57. The van der Waals surface area contributed by atoms with Crippen LogP contribution >= 0.6 is 0 Å². The lowest BCUT2D eigenvalue weighted by molar-refractivity contribution is 0.105. The van der Waals surface area contributed by atoms with Gasteiger partial charge in [-0.3, -0.25) is 9.59 Å². The van der Waals surface area contributed by atoms with Gasteiger partial charge < -0.3 is 4.74 Å². The van der Waals surface area contributed by atoms with E-state index in [0.29, 0.717) is 36.5 Å². The average Bonchev–Trinajstić information content (AvgIpc) is 3.22. The fraction of sp³-hybridized carbons (Fsp3) is 0.708. The molecule has 0 amide bonds. The quantitative estimate of drug-likeness (QED) is 0.0967. The maximum atomic E-state index is 15.3. The third-order valence-electron chi connectivity index (χ3n) is 15.0. The van der Waals surface area contributed by atoms with Gasteiger partial charge in [0.05, 0.1) is 0 Å². The van der Waals surface area contributed by atoms with Crippen LogP contribution in [-0.2, 0) is 17.6 Å². The molecule has 0 aromatic heterocycles. The van der Waals surface area contributed by atoms with Crippen molar-refractivity contribution in [3.63, 3.8) is 0 Å². The second-order valence-electron chi connectivity index (χ2n) is 18.5. The van der Waals surface area contributed by atoms with Crippen LogP contribution in [0.5, 0.6) is 0 Å². The minimum atomic E-state index is -1.22. The van der Waals surface area contributed by atoms with Crippen molar-refractivity contribution in [2.75, 3.05) is 0 Å². The molecular weight excluding hydrogens is 722 g/mol. The second kappa shape index (κ2) is 21.6. The summed E-state index contributed by atoms with van der Waals surface area (Å²) in [7, 11) is 1.44. The SMILES string of the molecule is CCCC1CCC(C2CCCCC2CCc2ccc([B]C(=O)OC(=O)[B]c3ccc(CCC4CCCCC4C4CCC(CCC)CC4)c(F)c3F)c(F)c2F)CC1. The minimum Gasteiger partial charge on any atom is -0.411 e. The molecule has 4 aliphatic rings. The van der Waals surface area contributed by atoms with Gasteiger partial charge in [0.1, 0.15) is 0 Å². The number of carbonyl (C=O) groups excluding carboxylic acids is 2. The Morgan fingerprint density at radius 3 is 1.30 bits per heavy atom. The van der Waals surface area contributed by atoms with Gasteiger partial charge in [-0.05, 0) is 134 Å². The van der Waals surface area contributed by atoms with Gasteiger partial charge in [0.25, 0.3) is 11.7 Å². The van der Waals surface area contributed by atoms with E-state index in [9.17, 15) is 9.59 Å². The van der Waals surface area contributed by atoms with Crippen molar-refractivity contribution in [2.24, 2.45) is 47.3 Å². The fourth-order valence-electron chi connectivity index (χ4n) is 12.0. The van der Waals surface area contributed by atoms with Crippen molar-refractivity contribution in [2.45, 2.75) is 168 Å². The highest BCUT2D eigenvalue weighted by Gasteiger charge is 2.36. The van der Waals surface area contributed by atoms with Crippen LogP contribution < -0.4 is 10.9 Å². The standard InChI is InChI=1S/C48H66B2F4O3/c1-3-9-31-15-19-35(20-16-31)39-13-7-5-11-33(39)23-25-37-27-29-41(45(53)43(37)51)49-47(55)57-48(56)50-42-30-28-38(44(52)46(42)54)26-24-34-12-6-8-14-40(34)36-21-17-32(10-4-2)18-22-36/h27-36,39-40H,3-26H2,1-2H3. The van der Waals surface area contributed by atoms with E-state index in [0.717, 1.165) is 63.9 Å². The molecule has 2 aromatic rings. The molecule has 57 heavy (non-hydrogen) atoms. The van der Waals surface area contributed by atoms with Crippen LogP contribution in [0, 0.1) is 70.6 Å². The first-order chi connectivity index (χ1) is 27.6. The predicted molar refractivity (Wildman–Crippen MR) is 224 cm³/mol. The van der Waals surface area contributed by atoms with Crippen LogP contribution in [0.1, 0.15) is 166 Å². The van der Waals surface area contributed by atoms with Crippen molar-refractivity contribution in [3.05, 3.63) is 58.7 Å². The molecule has 2 radical (unpaired) electrons. The highest BCUT2D eigenvalue weighted by Crippen LogP contribution is 2.46. The Morgan fingerprint density at radius 2 is 0.912 bits per heavy atom. The molecule has 4 saturated carbocycles. The van der Waals surface area contributed by atoms with Gasteiger partial charge in [-0.2, -0.15) is 0 Å². The Bertz CT molecular complexity index is 1500. The van der Waals surface area contributed by atoms with Crippen molar-refractivity contribution < 1.29 is 31.9 Å². The number of halogens is 4. The molecule has 6 rings (SSSR count). The molecule has 0 spiro atoms. The first-order valence-corrected chi connectivity index (χ1v) is 23.0. The summed E-state index contributed by atoms with van der Waals surface area (Å²) in [6.45, 7) is 4.52. The molecule has 0 aliphatic heterocycles. The second-order valence-corrected chi connectivity index (χ2v) is 18.5. The Kier molecular flexibility index (Phi) is 16.7. The molecule has 0 saturated heterocycles. The maximum absolute atomic E-state index is 15.3. The topological polar surface area (TPSA) is 43.4 Å². The normalized spacial score (nSPS) is 28.1. The molecule has 0 heterocycles. The zero-order chi connectivity index (χ0) is 40.3. The molecule has 0 N–H and O–H groups in total. The largest absolute Gasteiger partial charge is 0.411 e. The summed E-state index contributed by atoms with van der Waals surface area (Å²) in [5.41, 5.74) is -0.107. The summed E-state index contributed by atoms with van der Waals surface area (Å²) in [6.07, 6.45) is 27.6. The lowest BCUT2D eigenvalue weighted by Crippen LogP contribution is -2.34. The van der Waals surface area contributed by atoms with E-state index >= 15 is 17.6 Å². The van der Waals surface area contributed by atoms with Crippen molar-refractivity contribution in [3.8, 4) is 0 Å².